The first-order valence-corrected chi connectivity index (χ1v) is 7.90. The average molecular weight is 300 g/mol. The summed E-state index contributed by atoms with van der Waals surface area (Å²) in [5.74, 6) is 0. The fourth-order valence-corrected chi connectivity index (χ4v) is 3.16. The van der Waals surface area contributed by atoms with Crippen LogP contribution in [-0.2, 0) is 0 Å². The predicted octanol–water partition coefficient (Wildman–Crippen LogP) is 4.25. The first-order chi connectivity index (χ1) is 11.4. The third-order valence-corrected chi connectivity index (χ3v) is 4.27. The van der Waals surface area contributed by atoms with E-state index in [-0.39, 0.29) is 0 Å². The van der Waals surface area contributed by atoms with Crippen LogP contribution in [0, 0.1) is 11.3 Å². The molecular weight excluding hydrogens is 284 g/mol. The van der Waals surface area contributed by atoms with Gasteiger partial charge in [-0.1, -0.05) is 24.3 Å². The van der Waals surface area contributed by atoms with Crippen molar-refractivity contribution in [3.05, 3.63) is 60.1 Å². The minimum absolute atomic E-state index is 0.402. The van der Waals surface area contributed by atoms with Gasteiger partial charge in [-0.15, -0.1) is 0 Å². The average Bonchev–Trinajstić information content (AvgIpc) is 3.01. The molecule has 1 aromatic carbocycles. The van der Waals surface area contributed by atoms with Gasteiger partial charge in [-0.05, 0) is 43.4 Å². The summed E-state index contributed by atoms with van der Waals surface area (Å²) in [6.07, 6.45) is 8.73. The number of hydrogen-bond donors (Lipinski definition) is 0. The Kier molecular flexibility index (Phi) is 3.39. The molecule has 0 saturated heterocycles. The van der Waals surface area contributed by atoms with Crippen molar-refractivity contribution in [2.24, 2.45) is 0 Å². The first-order valence-electron chi connectivity index (χ1n) is 7.90. The summed E-state index contributed by atoms with van der Waals surface area (Å²) < 4.78 is 1.99. The number of rotatable bonds is 2. The molecule has 3 aromatic rings. The molecule has 1 aliphatic rings. The number of nitriles is 1. The predicted molar refractivity (Wildman–Crippen MR) is 90.0 cm³/mol. The third kappa shape index (κ3) is 2.40. The van der Waals surface area contributed by atoms with E-state index in [1.165, 1.54) is 18.4 Å². The van der Waals surface area contributed by atoms with Gasteiger partial charge in [0.2, 0.25) is 0 Å². The number of para-hydroxylation sites is 1. The summed E-state index contributed by atoms with van der Waals surface area (Å²) in [5, 5.41) is 14.8. The van der Waals surface area contributed by atoms with Gasteiger partial charge in [0.05, 0.1) is 16.9 Å². The van der Waals surface area contributed by atoms with Crippen LogP contribution in [0.2, 0.25) is 0 Å². The molecule has 4 rings (SSSR count). The van der Waals surface area contributed by atoms with Gasteiger partial charge in [0, 0.05) is 17.6 Å². The molecule has 4 heteroatoms. The lowest BCUT2D eigenvalue weighted by molar-refractivity contribution is 0.734. The number of nitrogens with zero attached hydrogens (tertiary/aromatic N) is 4. The van der Waals surface area contributed by atoms with E-state index in [9.17, 15) is 0 Å². The number of hydrogen-bond acceptors (Lipinski definition) is 3. The maximum atomic E-state index is 9.08. The van der Waals surface area contributed by atoms with E-state index in [2.05, 4.69) is 29.3 Å². The Morgan fingerprint density at radius 2 is 2.00 bits per heavy atom. The van der Waals surface area contributed by atoms with Crippen LogP contribution in [0.25, 0.3) is 22.2 Å². The Hall–Kier alpha value is -2.93. The summed E-state index contributed by atoms with van der Waals surface area (Å²) in [6.45, 7) is 0. The topological polar surface area (TPSA) is 54.5 Å². The number of fused-ring (bicyclic) bond motifs is 1. The highest BCUT2D eigenvalue weighted by Crippen LogP contribution is 2.33. The van der Waals surface area contributed by atoms with Crippen LogP contribution in [0.5, 0.6) is 0 Å². The Balaban J connectivity index is 2.00. The van der Waals surface area contributed by atoms with Crippen molar-refractivity contribution in [1.29, 1.82) is 5.26 Å². The second-order valence-electron chi connectivity index (χ2n) is 5.77. The van der Waals surface area contributed by atoms with Crippen molar-refractivity contribution in [3.8, 4) is 11.8 Å². The summed E-state index contributed by atoms with van der Waals surface area (Å²) in [7, 11) is 0. The van der Waals surface area contributed by atoms with Crippen LogP contribution in [0.15, 0.2) is 48.7 Å². The van der Waals surface area contributed by atoms with Gasteiger partial charge in [-0.3, -0.25) is 0 Å². The maximum absolute atomic E-state index is 9.08. The summed E-state index contributed by atoms with van der Waals surface area (Å²) in [6, 6.07) is 14.0. The fourth-order valence-electron chi connectivity index (χ4n) is 3.16. The zero-order valence-electron chi connectivity index (χ0n) is 12.7. The Bertz CT molecular complexity index is 929. The molecule has 0 N–H and O–H groups in total. The van der Waals surface area contributed by atoms with Crippen LogP contribution in [0.1, 0.15) is 37.1 Å². The minimum atomic E-state index is 0.402. The van der Waals surface area contributed by atoms with Crippen LogP contribution in [-0.4, -0.2) is 14.8 Å². The van der Waals surface area contributed by atoms with E-state index in [1.807, 2.05) is 22.9 Å². The lowest BCUT2D eigenvalue weighted by Crippen LogP contribution is -2.03. The number of benzene rings is 1. The third-order valence-electron chi connectivity index (χ3n) is 4.27. The van der Waals surface area contributed by atoms with Crippen molar-refractivity contribution in [2.75, 3.05) is 0 Å². The molecule has 0 fully saturated rings. The molecule has 0 amide bonds. The number of allylic oxidation sites excluding steroid dienone is 2. The van der Waals surface area contributed by atoms with Gasteiger partial charge in [0.25, 0.3) is 0 Å². The normalized spacial score (nSPS) is 14.5. The van der Waals surface area contributed by atoms with Gasteiger partial charge >= 0.3 is 0 Å². The van der Waals surface area contributed by atoms with E-state index >= 15 is 0 Å². The van der Waals surface area contributed by atoms with Crippen molar-refractivity contribution in [2.45, 2.75) is 25.7 Å². The first kappa shape index (κ1) is 13.7. The summed E-state index contributed by atoms with van der Waals surface area (Å²) in [4.78, 5) is 4.25. The molecule has 0 spiro atoms. The van der Waals surface area contributed by atoms with E-state index in [1.54, 1.807) is 12.3 Å². The zero-order chi connectivity index (χ0) is 15.6. The van der Waals surface area contributed by atoms with Crippen LogP contribution in [0.4, 0.5) is 0 Å². The second-order valence-corrected chi connectivity index (χ2v) is 5.77. The fraction of sp³-hybridized carbons (Fsp3) is 0.211. The molecule has 1 aliphatic carbocycles. The lowest BCUT2D eigenvalue weighted by atomic mass is 9.95. The number of aromatic nitrogens is 3. The highest BCUT2D eigenvalue weighted by atomic mass is 15.3. The van der Waals surface area contributed by atoms with E-state index in [0.29, 0.717) is 5.69 Å². The van der Waals surface area contributed by atoms with Crippen molar-refractivity contribution in [3.63, 3.8) is 0 Å². The molecule has 4 nitrogen and oxygen atoms in total. The van der Waals surface area contributed by atoms with Gasteiger partial charge in [-0.25, -0.2) is 9.67 Å². The highest BCUT2D eigenvalue weighted by Gasteiger charge is 2.18. The van der Waals surface area contributed by atoms with E-state index in [4.69, 9.17) is 10.4 Å². The maximum Gasteiger partial charge on any atom is 0.142 e. The molecule has 0 saturated carbocycles. The van der Waals surface area contributed by atoms with Crippen molar-refractivity contribution >= 4 is 16.5 Å². The highest BCUT2D eigenvalue weighted by molar-refractivity contribution is 5.91. The monoisotopic (exact) mass is 300 g/mol. The molecule has 0 bridgehead atoms. The number of pyridine rings is 1. The van der Waals surface area contributed by atoms with Gasteiger partial charge in [0.1, 0.15) is 11.8 Å². The quantitative estimate of drug-likeness (QED) is 0.711. The Morgan fingerprint density at radius 1 is 1.13 bits per heavy atom. The second kappa shape index (κ2) is 5.69. The van der Waals surface area contributed by atoms with Crippen molar-refractivity contribution < 1.29 is 0 Å². The summed E-state index contributed by atoms with van der Waals surface area (Å²) in [5.41, 5.74) is 4.70. The van der Waals surface area contributed by atoms with Gasteiger partial charge in [-0.2, -0.15) is 10.4 Å². The molecule has 0 unspecified atom stereocenters. The smallest absolute Gasteiger partial charge is 0.142 e. The molecule has 23 heavy (non-hydrogen) atoms. The zero-order valence-corrected chi connectivity index (χ0v) is 12.7. The van der Waals surface area contributed by atoms with E-state index in [0.717, 1.165) is 35.1 Å². The molecule has 0 aliphatic heterocycles. The lowest BCUT2D eigenvalue weighted by Gasteiger charge is -2.15. The van der Waals surface area contributed by atoms with Crippen molar-refractivity contribution in [1.82, 2.24) is 14.8 Å². The van der Waals surface area contributed by atoms with E-state index < -0.39 is 0 Å². The largest absolute Gasteiger partial charge is 0.245 e. The molecule has 0 atom stereocenters. The van der Waals surface area contributed by atoms with Crippen LogP contribution >= 0.6 is 0 Å². The molecule has 112 valence electrons. The minimum Gasteiger partial charge on any atom is -0.245 e. The molecule has 2 aromatic heterocycles. The summed E-state index contributed by atoms with van der Waals surface area (Å²) >= 11 is 0. The van der Waals surface area contributed by atoms with Crippen LogP contribution in [0.3, 0.4) is 0 Å². The van der Waals surface area contributed by atoms with Crippen LogP contribution < -0.4 is 0 Å². The van der Waals surface area contributed by atoms with Gasteiger partial charge < -0.3 is 0 Å². The Morgan fingerprint density at radius 3 is 2.74 bits per heavy atom. The van der Waals surface area contributed by atoms with Gasteiger partial charge in [0.15, 0.2) is 0 Å². The Labute approximate surface area is 134 Å². The SMILES string of the molecule is N#Cc1cc2nn(-c3ccccc3)c(C3=CCCCC3)c2cn1. The molecular formula is C19H16N4. The molecule has 0 radical (unpaired) electrons. The standard InChI is InChI=1S/C19H16N4/c20-12-15-11-18-17(13-21-15)19(14-7-3-1-4-8-14)23(22-18)16-9-5-2-6-10-16/h2,5-7,9-11,13H,1,3-4,8H2. The molecule has 2 heterocycles.